The molecule has 0 aliphatic rings. The topological polar surface area (TPSA) is 85.2 Å². The van der Waals surface area contributed by atoms with Crippen LogP contribution in [0.4, 0.5) is 0 Å². The monoisotopic (exact) mass is 413 g/mol. The number of aromatic amines is 1. The lowest BCUT2D eigenvalue weighted by Gasteiger charge is -2.16. The van der Waals surface area contributed by atoms with Crippen molar-refractivity contribution in [1.29, 1.82) is 0 Å². The van der Waals surface area contributed by atoms with E-state index < -0.39 is 11.2 Å². The molecule has 3 rings (SSSR count). The number of aryl methyl sites for hydroxylation is 3. The molecule has 0 aliphatic heterocycles. The summed E-state index contributed by atoms with van der Waals surface area (Å²) >= 11 is 0. The van der Waals surface area contributed by atoms with Gasteiger partial charge in [-0.05, 0) is 38.4 Å². The van der Waals surface area contributed by atoms with Gasteiger partial charge in [0.2, 0.25) is 0 Å². The minimum Gasteiger partial charge on any atom is -0.493 e. The smallest absolute Gasteiger partial charge is 0.330 e. The molecule has 0 aliphatic carbocycles. The molecule has 8 heteroatoms. The van der Waals surface area contributed by atoms with Gasteiger partial charge in [-0.3, -0.25) is 19.2 Å². The fourth-order valence-corrected chi connectivity index (χ4v) is 3.51. The Kier molecular flexibility index (Phi) is 7.10. The second-order valence-corrected chi connectivity index (χ2v) is 7.73. The first-order valence-electron chi connectivity index (χ1n) is 10.5. The fourth-order valence-electron chi connectivity index (χ4n) is 3.51. The van der Waals surface area contributed by atoms with Crippen LogP contribution in [0.25, 0.3) is 11.2 Å². The van der Waals surface area contributed by atoms with Crippen LogP contribution < -0.4 is 16.0 Å². The lowest BCUT2D eigenvalue weighted by molar-refractivity contribution is 0.254. The molecular weight excluding hydrogens is 382 g/mol. The van der Waals surface area contributed by atoms with Gasteiger partial charge in [0.1, 0.15) is 11.6 Å². The number of unbranched alkanes of at least 4 members (excludes halogenated alkanes) is 1. The molecule has 3 aromatic rings. The molecule has 2 heterocycles. The van der Waals surface area contributed by atoms with Gasteiger partial charge >= 0.3 is 5.69 Å². The highest BCUT2D eigenvalue weighted by Gasteiger charge is 2.17. The van der Waals surface area contributed by atoms with Crippen LogP contribution in [0.5, 0.6) is 5.75 Å². The predicted octanol–water partition coefficient (Wildman–Crippen LogP) is 2.43. The SMILES string of the molecule is CCCCn1c(=O)[nH]c(=O)c2c1nc(CN(C)CCCOc1ccccc1C)n2C. The minimum atomic E-state index is -0.396. The van der Waals surface area contributed by atoms with Gasteiger partial charge in [0.25, 0.3) is 5.56 Å². The van der Waals surface area contributed by atoms with Crippen molar-refractivity contribution >= 4 is 11.2 Å². The molecule has 8 nitrogen and oxygen atoms in total. The molecule has 0 radical (unpaired) electrons. The number of H-pyrrole nitrogens is 1. The third-order valence-electron chi connectivity index (χ3n) is 5.29. The first-order valence-corrected chi connectivity index (χ1v) is 10.5. The van der Waals surface area contributed by atoms with E-state index in [4.69, 9.17) is 4.74 Å². The predicted molar refractivity (Wildman–Crippen MR) is 118 cm³/mol. The van der Waals surface area contributed by atoms with Crippen LogP contribution >= 0.6 is 0 Å². The van der Waals surface area contributed by atoms with Crippen LogP contribution in [0.2, 0.25) is 0 Å². The van der Waals surface area contributed by atoms with Crippen molar-refractivity contribution in [2.75, 3.05) is 20.2 Å². The third kappa shape index (κ3) is 4.81. The van der Waals surface area contributed by atoms with Crippen molar-refractivity contribution in [3.8, 4) is 5.75 Å². The molecule has 2 aromatic heterocycles. The molecule has 0 fully saturated rings. The second kappa shape index (κ2) is 9.75. The van der Waals surface area contributed by atoms with E-state index in [0.29, 0.717) is 30.9 Å². The van der Waals surface area contributed by atoms with Crippen molar-refractivity contribution in [1.82, 2.24) is 24.0 Å². The molecular formula is C22H31N5O3. The van der Waals surface area contributed by atoms with Gasteiger partial charge in [0.05, 0.1) is 13.2 Å². The van der Waals surface area contributed by atoms with Gasteiger partial charge in [-0.25, -0.2) is 9.78 Å². The van der Waals surface area contributed by atoms with Crippen molar-refractivity contribution < 1.29 is 4.74 Å². The number of nitrogens with zero attached hydrogens (tertiary/aromatic N) is 4. The fraction of sp³-hybridized carbons (Fsp3) is 0.500. The lowest BCUT2D eigenvalue weighted by Crippen LogP contribution is -2.31. The minimum absolute atomic E-state index is 0.390. The summed E-state index contributed by atoms with van der Waals surface area (Å²) in [5, 5.41) is 0. The van der Waals surface area contributed by atoms with Gasteiger partial charge in [-0.2, -0.15) is 0 Å². The number of aromatic nitrogens is 4. The van der Waals surface area contributed by atoms with Gasteiger partial charge < -0.3 is 9.30 Å². The second-order valence-electron chi connectivity index (χ2n) is 7.73. The quantitative estimate of drug-likeness (QED) is 0.516. The van der Waals surface area contributed by atoms with Crippen LogP contribution in [0.3, 0.4) is 0 Å². The Morgan fingerprint density at radius 1 is 1.20 bits per heavy atom. The molecule has 0 amide bonds. The molecule has 0 bridgehead atoms. The number of hydrogen-bond donors (Lipinski definition) is 1. The van der Waals surface area contributed by atoms with Crippen LogP contribution in [0.1, 0.15) is 37.6 Å². The Balaban J connectivity index is 1.67. The molecule has 0 atom stereocenters. The summed E-state index contributed by atoms with van der Waals surface area (Å²) in [5.41, 5.74) is 1.25. The molecule has 0 saturated heterocycles. The maximum absolute atomic E-state index is 12.4. The normalized spacial score (nSPS) is 11.5. The Hall–Kier alpha value is -2.87. The van der Waals surface area contributed by atoms with E-state index in [-0.39, 0.29) is 0 Å². The largest absolute Gasteiger partial charge is 0.493 e. The van der Waals surface area contributed by atoms with Crippen LogP contribution in [-0.4, -0.2) is 44.2 Å². The van der Waals surface area contributed by atoms with E-state index in [1.807, 2.05) is 45.3 Å². The molecule has 0 unspecified atom stereocenters. The van der Waals surface area contributed by atoms with Crippen LogP contribution in [-0.2, 0) is 20.1 Å². The molecule has 1 N–H and O–H groups in total. The standard InChI is InChI=1S/C22H31N5O3/c1-5-6-13-27-20-19(21(28)24-22(27)29)26(4)18(23-20)15-25(3)12-9-14-30-17-11-8-7-10-16(17)2/h7-8,10-11H,5-6,9,12-15H2,1-4H3,(H,24,28,29). The number of hydrogen-bond acceptors (Lipinski definition) is 5. The van der Waals surface area contributed by atoms with E-state index in [1.165, 1.54) is 0 Å². The number of benzene rings is 1. The highest BCUT2D eigenvalue weighted by atomic mass is 16.5. The summed E-state index contributed by atoms with van der Waals surface area (Å²) in [6.07, 6.45) is 2.68. The zero-order valence-electron chi connectivity index (χ0n) is 18.3. The van der Waals surface area contributed by atoms with E-state index in [2.05, 4.69) is 21.8 Å². The molecule has 162 valence electrons. The van der Waals surface area contributed by atoms with E-state index in [9.17, 15) is 9.59 Å². The third-order valence-corrected chi connectivity index (χ3v) is 5.29. The highest BCUT2D eigenvalue weighted by Crippen LogP contribution is 2.16. The van der Waals surface area contributed by atoms with Gasteiger partial charge in [0.15, 0.2) is 11.2 Å². The van der Waals surface area contributed by atoms with Crippen molar-refractivity contribution in [2.24, 2.45) is 7.05 Å². The Morgan fingerprint density at radius 3 is 2.70 bits per heavy atom. The number of fused-ring (bicyclic) bond motifs is 1. The maximum atomic E-state index is 12.4. The van der Waals surface area contributed by atoms with Crippen molar-refractivity contribution in [2.45, 2.75) is 46.2 Å². The van der Waals surface area contributed by atoms with Crippen molar-refractivity contribution in [3.05, 3.63) is 56.5 Å². The molecule has 30 heavy (non-hydrogen) atoms. The lowest BCUT2D eigenvalue weighted by atomic mass is 10.2. The Morgan fingerprint density at radius 2 is 1.97 bits per heavy atom. The summed E-state index contributed by atoms with van der Waals surface area (Å²) in [6, 6.07) is 7.99. The van der Waals surface area contributed by atoms with E-state index in [0.717, 1.165) is 42.9 Å². The molecule has 0 spiro atoms. The van der Waals surface area contributed by atoms with E-state index >= 15 is 0 Å². The number of para-hydroxylation sites is 1. The van der Waals surface area contributed by atoms with E-state index in [1.54, 1.807) is 9.13 Å². The van der Waals surface area contributed by atoms with Gasteiger partial charge in [-0.15, -0.1) is 0 Å². The first-order chi connectivity index (χ1) is 14.4. The number of imidazole rings is 1. The number of nitrogens with one attached hydrogen (secondary N) is 1. The number of rotatable bonds is 10. The average molecular weight is 414 g/mol. The molecule has 1 aromatic carbocycles. The number of ether oxygens (including phenoxy) is 1. The highest BCUT2D eigenvalue weighted by molar-refractivity contribution is 5.70. The summed E-state index contributed by atoms with van der Waals surface area (Å²) < 4.78 is 9.22. The maximum Gasteiger partial charge on any atom is 0.330 e. The van der Waals surface area contributed by atoms with Crippen molar-refractivity contribution in [3.63, 3.8) is 0 Å². The molecule has 0 saturated carbocycles. The average Bonchev–Trinajstić information content (AvgIpc) is 3.02. The zero-order valence-corrected chi connectivity index (χ0v) is 18.3. The van der Waals surface area contributed by atoms with Crippen LogP contribution in [0.15, 0.2) is 33.9 Å². The summed E-state index contributed by atoms with van der Waals surface area (Å²) in [5.74, 6) is 1.67. The Bertz CT molecular complexity index is 1110. The summed E-state index contributed by atoms with van der Waals surface area (Å²) in [4.78, 5) is 33.8. The summed E-state index contributed by atoms with van der Waals surface area (Å²) in [6.45, 7) is 6.69. The van der Waals surface area contributed by atoms with Gasteiger partial charge in [0, 0.05) is 20.1 Å². The first kappa shape index (κ1) is 21.8. The summed E-state index contributed by atoms with van der Waals surface area (Å²) in [7, 11) is 3.84. The van der Waals surface area contributed by atoms with Gasteiger partial charge in [-0.1, -0.05) is 31.5 Å². The zero-order chi connectivity index (χ0) is 21.7. The van der Waals surface area contributed by atoms with Crippen LogP contribution in [0, 0.1) is 6.92 Å². The Labute approximate surface area is 176 Å².